The zero-order chi connectivity index (χ0) is 18.6. The highest BCUT2D eigenvalue weighted by molar-refractivity contribution is 5.84. The largest absolute Gasteiger partial charge is 0.342 e. The van der Waals surface area contributed by atoms with Crippen LogP contribution in [0.4, 0.5) is 8.78 Å². The van der Waals surface area contributed by atoms with Gasteiger partial charge in [-0.3, -0.25) is 9.59 Å². The third-order valence-corrected chi connectivity index (χ3v) is 4.66. The van der Waals surface area contributed by atoms with Crippen LogP contribution in [0.15, 0.2) is 59.5 Å². The second kappa shape index (κ2) is 7.78. The lowest BCUT2D eigenvalue weighted by molar-refractivity contribution is -0.153. The Morgan fingerprint density at radius 2 is 1.96 bits per heavy atom. The lowest BCUT2D eigenvalue weighted by Gasteiger charge is -2.26. The fourth-order valence-corrected chi connectivity index (χ4v) is 3.13. The molecule has 1 saturated heterocycles. The number of amides is 1. The van der Waals surface area contributed by atoms with Gasteiger partial charge in [0, 0.05) is 24.7 Å². The van der Waals surface area contributed by atoms with Crippen LogP contribution >= 0.6 is 0 Å². The average Bonchev–Trinajstić information content (AvgIpc) is 3.19. The molecule has 1 aliphatic rings. The second-order valence-corrected chi connectivity index (χ2v) is 6.44. The maximum absolute atomic E-state index is 14.5. The molecule has 2 atom stereocenters. The number of pyridine rings is 1. The van der Waals surface area contributed by atoms with E-state index in [4.69, 9.17) is 0 Å². The summed E-state index contributed by atoms with van der Waals surface area (Å²) in [5.41, 5.74) is 0.409. The van der Waals surface area contributed by atoms with Crippen LogP contribution in [0.2, 0.25) is 0 Å². The predicted molar refractivity (Wildman–Crippen MR) is 94.0 cm³/mol. The number of nitrogens with one attached hydrogen (secondary N) is 2. The molecule has 2 N–H and O–H groups in total. The summed E-state index contributed by atoms with van der Waals surface area (Å²) < 4.78 is 30.4. The number of hydrogen-bond acceptors (Lipinski definition) is 3. The molecule has 0 bridgehead atoms. The molecule has 2 aromatic rings. The van der Waals surface area contributed by atoms with Crippen molar-refractivity contribution >= 4 is 5.91 Å². The van der Waals surface area contributed by atoms with Gasteiger partial charge in [0.1, 0.15) is 0 Å². The van der Waals surface area contributed by atoms with E-state index >= 15 is 0 Å². The molecule has 7 heteroatoms. The molecule has 26 heavy (non-hydrogen) atoms. The van der Waals surface area contributed by atoms with Gasteiger partial charge in [0.05, 0.1) is 12.6 Å². The number of carbonyl (C=O) groups is 1. The van der Waals surface area contributed by atoms with Crippen LogP contribution in [0.5, 0.6) is 0 Å². The first-order chi connectivity index (χ1) is 12.5. The fraction of sp³-hybridized carbons (Fsp3) is 0.368. The van der Waals surface area contributed by atoms with Crippen molar-refractivity contribution in [3.8, 4) is 0 Å². The molecule has 1 aromatic heterocycles. The van der Waals surface area contributed by atoms with Gasteiger partial charge in [-0.05, 0) is 24.6 Å². The predicted octanol–water partition coefficient (Wildman–Crippen LogP) is 1.95. The summed E-state index contributed by atoms with van der Waals surface area (Å²) in [5, 5.41) is 5.31. The van der Waals surface area contributed by atoms with E-state index in [0.29, 0.717) is 12.1 Å². The summed E-state index contributed by atoms with van der Waals surface area (Å²) >= 11 is 0. The smallest absolute Gasteiger partial charge is 0.328 e. The van der Waals surface area contributed by atoms with Crippen LogP contribution in [-0.4, -0.2) is 29.5 Å². The molecule has 1 fully saturated rings. The van der Waals surface area contributed by atoms with Crippen molar-refractivity contribution < 1.29 is 13.6 Å². The maximum Gasteiger partial charge on any atom is 0.328 e. The van der Waals surface area contributed by atoms with Crippen LogP contribution in [0, 0.1) is 5.92 Å². The maximum atomic E-state index is 14.5. The first kappa shape index (κ1) is 18.3. The molecule has 2 unspecified atom stereocenters. The molecule has 1 aromatic carbocycles. The third-order valence-electron chi connectivity index (χ3n) is 4.66. The second-order valence-electron chi connectivity index (χ2n) is 6.44. The standard InChI is InChI=1S/C19H21F2N3O2/c20-19(21,15-9-10-22-12-15)18(26)23-16(14-6-2-1-3-7-14)13-24-11-5-4-8-17(24)25/h1-8,11,15-16,22H,9-10,12-13H2,(H,23,26). The van der Waals surface area contributed by atoms with Gasteiger partial charge in [-0.15, -0.1) is 0 Å². The molecule has 3 rings (SSSR count). The van der Waals surface area contributed by atoms with Crippen molar-refractivity contribution in [1.82, 2.24) is 15.2 Å². The number of benzene rings is 1. The zero-order valence-electron chi connectivity index (χ0n) is 14.2. The molecule has 5 nitrogen and oxygen atoms in total. The Hall–Kier alpha value is -2.54. The Kier molecular flexibility index (Phi) is 5.46. The summed E-state index contributed by atoms with van der Waals surface area (Å²) in [6.07, 6.45) is 1.83. The van der Waals surface area contributed by atoms with Crippen molar-refractivity contribution in [2.24, 2.45) is 5.92 Å². The summed E-state index contributed by atoms with van der Waals surface area (Å²) in [4.78, 5) is 24.3. The van der Waals surface area contributed by atoms with Gasteiger partial charge < -0.3 is 15.2 Å². The molecule has 0 aliphatic carbocycles. The van der Waals surface area contributed by atoms with Crippen LogP contribution in [0.1, 0.15) is 18.0 Å². The fourth-order valence-electron chi connectivity index (χ4n) is 3.13. The topological polar surface area (TPSA) is 63.1 Å². The lowest BCUT2D eigenvalue weighted by atomic mass is 9.98. The molecule has 2 heterocycles. The number of carbonyl (C=O) groups excluding carboxylic acids is 1. The molecule has 0 radical (unpaired) electrons. The van der Waals surface area contributed by atoms with Crippen molar-refractivity contribution in [3.63, 3.8) is 0 Å². The third kappa shape index (κ3) is 3.99. The number of halogens is 2. The molecule has 138 valence electrons. The highest BCUT2D eigenvalue weighted by atomic mass is 19.3. The van der Waals surface area contributed by atoms with Crippen molar-refractivity contribution in [3.05, 3.63) is 70.6 Å². The van der Waals surface area contributed by atoms with Crippen LogP contribution in [0.25, 0.3) is 0 Å². The minimum atomic E-state index is -3.46. The van der Waals surface area contributed by atoms with Crippen LogP contribution < -0.4 is 16.2 Å². The normalized spacial score (nSPS) is 18.5. The first-order valence-electron chi connectivity index (χ1n) is 8.58. The Morgan fingerprint density at radius 1 is 1.23 bits per heavy atom. The van der Waals surface area contributed by atoms with Gasteiger partial charge in [0.15, 0.2) is 0 Å². The molecule has 1 amide bonds. The lowest BCUT2D eigenvalue weighted by Crippen LogP contribution is -2.48. The van der Waals surface area contributed by atoms with Gasteiger partial charge >= 0.3 is 5.92 Å². The van der Waals surface area contributed by atoms with Gasteiger partial charge in [-0.25, -0.2) is 0 Å². The number of nitrogens with zero attached hydrogens (tertiary/aromatic N) is 1. The highest BCUT2D eigenvalue weighted by Crippen LogP contribution is 2.30. The van der Waals surface area contributed by atoms with Gasteiger partial charge in [0.25, 0.3) is 11.5 Å². The van der Waals surface area contributed by atoms with E-state index in [1.165, 1.54) is 10.6 Å². The Morgan fingerprint density at radius 3 is 2.62 bits per heavy atom. The van der Waals surface area contributed by atoms with Crippen LogP contribution in [0.3, 0.4) is 0 Å². The molecule has 0 saturated carbocycles. The molecule has 0 spiro atoms. The molecular weight excluding hydrogens is 340 g/mol. The summed E-state index contributed by atoms with van der Waals surface area (Å²) in [7, 11) is 0. The van der Waals surface area contributed by atoms with E-state index in [1.54, 1.807) is 48.7 Å². The van der Waals surface area contributed by atoms with Crippen molar-refractivity contribution in [2.45, 2.75) is 24.9 Å². The minimum absolute atomic E-state index is 0.0778. The quantitative estimate of drug-likeness (QED) is 0.827. The van der Waals surface area contributed by atoms with E-state index in [1.807, 2.05) is 0 Å². The van der Waals surface area contributed by atoms with Gasteiger partial charge in [0.2, 0.25) is 0 Å². The van der Waals surface area contributed by atoms with Crippen LogP contribution in [-0.2, 0) is 11.3 Å². The van der Waals surface area contributed by atoms with E-state index < -0.39 is 23.8 Å². The Labute approximate surface area is 150 Å². The summed E-state index contributed by atoms with van der Waals surface area (Å²) in [6, 6.07) is 12.8. The van der Waals surface area contributed by atoms with Crippen molar-refractivity contribution in [2.75, 3.05) is 13.1 Å². The molecule has 1 aliphatic heterocycles. The van der Waals surface area contributed by atoms with E-state index in [9.17, 15) is 18.4 Å². The first-order valence-corrected chi connectivity index (χ1v) is 8.58. The SMILES string of the molecule is O=C(NC(Cn1ccccc1=O)c1ccccc1)C(F)(F)C1CCNC1. The Bertz CT molecular complexity index is 802. The summed E-state index contributed by atoms with van der Waals surface area (Å²) in [5.74, 6) is -5.78. The highest BCUT2D eigenvalue weighted by Gasteiger charge is 2.48. The Balaban J connectivity index is 1.83. The van der Waals surface area contributed by atoms with Gasteiger partial charge in [-0.1, -0.05) is 36.4 Å². The average molecular weight is 361 g/mol. The van der Waals surface area contributed by atoms with E-state index in [2.05, 4.69) is 10.6 Å². The number of hydrogen-bond donors (Lipinski definition) is 2. The minimum Gasteiger partial charge on any atom is -0.342 e. The molecular formula is C19H21F2N3O2. The number of aromatic nitrogens is 1. The van der Waals surface area contributed by atoms with E-state index in [-0.39, 0.29) is 25.1 Å². The number of alkyl halides is 2. The zero-order valence-corrected chi connectivity index (χ0v) is 14.2. The van der Waals surface area contributed by atoms with Gasteiger partial charge in [-0.2, -0.15) is 8.78 Å². The monoisotopic (exact) mass is 361 g/mol. The van der Waals surface area contributed by atoms with E-state index in [0.717, 1.165) is 0 Å². The van der Waals surface area contributed by atoms with Crippen molar-refractivity contribution in [1.29, 1.82) is 0 Å². The number of rotatable bonds is 6. The summed E-state index contributed by atoms with van der Waals surface area (Å²) in [6.45, 7) is 0.679.